The summed E-state index contributed by atoms with van der Waals surface area (Å²) < 4.78 is 0. The molecule has 0 aromatic heterocycles. The van der Waals surface area contributed by atoms with E-state index in [-0.39, 0.29) is 0 Å². The lowest BCUT2D eigenvalue weighted by molar-refractivity contribution is 0.792. The molecule has 0 N–H and O–H groups in total. The molecule has 0 aliphatic heterocycles. The van der Waals surface area contributed by atoms with Crippen molar-refractivity contribution < 1.29 is 0 Å². The van der Waals surface area contributed by atoms with Gasteiger partial charge in [-0.05, 0) is 46.9 Å². The Hall–Kier alpha value is -0.780. The van der Waals surface area contributed by atoms with Gasteiger partial charge < -0.3 is 0 Å². The minimum Gasteiger partial charge on any atom is -0.0654 e. The molecular formula is C20H36. The molecule has 0 heteroatoms. The fourth-order valence-electron chi connectivity index (χ4n) is 2.32. The van der Waals surface area contributed by atoms with Crippen molar-refractivity contribution in [1.82, 2.24) is 0 Å². The van der Waals surface area contributed by atoms with Crippen molar-refractivity contribution >= 4 is 0 Å². The molecule has 0 spiro atoms. The van der Waals surface area contributed by atoms with Gasteiger partial charge in [-0.2, -0.15) is 0 Å². The third-order valence-corrected chi connectivity index (χ3v) is 3.92. The zero-order valence-electron chi connectivity index (χ0n) is 15.3. The fourth-order valence-corrected chi connectivity index (χ4v) is 2.32. The molecule has 0 radical (unpaired) electrons. The molecule has 1 aromatic carbocycles. The molecule has 1 rings (SSSR count). The summed E-state index contributed by atoms with van der Waals surface area (Å²) in [5, 5.41) is 0. The van der Waals surface area contributed by atoms with E-state index in [1.54, 1.807) is 0 Å². The minimum atomic E-state index is 0.621. The van der Waals surface area contributed by atoms with Crippen molar-refractivity contribution in [3.05, 3.63) is 34.4 Å². The van der Waals surface area contributed by atoms with Gasteiger partial charge in [-0.25, -0.2) is 0 Å². The first-order valence-corrected chi connectivity index (χ1v) is 8.40. The van der Waals surface area contributed by atoms with Crippen LogP contribution in [-0.4, -0.2) is 0 Å². The first kappa shape index (κ1) is 19.2. The maximum absolute atomic E-state index is 2.40. The molecule has 116 valence electrons. The Morgan fingerprint density at radius 1 is 0.700 bits per heavy atom. The summed E-state index contributed by atoms with van der Waals surface area (Å²) in [5.41, 5.74) is 6.03. The second-order valence-corrected chi connectivity index (χ2v) is 6.79. The monoisotopic (exact) mass is 276 g/mol. The molecule has 0 bridgehead atoms. The number of rotatable bonds is 4. The van der Waals surface area contributed by atoms with Crippen LogP contribution in [0.4, 0.5) is 0 Å². The van der Waals surface area contributed by atoms with Gasteiger partial charge in [0.15, 0.2) is 0 Å². The summed E-state index contributed by atoms with van der Waals surface area (Å²) in [6.07, 6.45) is 2.64. The molecule has 0 unspecified atom stereocenters. The van der Waals surface area contributed by atoms with Crippen LogP contribution >= 0.6 is 0 Å². The topological polar surface area (TPSA) is 0 Å². The molecule has 0 heterocycles. The average molecular weight is 277 g/mol. The normalized spacial score (nSPS) is 11.0. The summed E-state index contributed by atoms with van der Waals surface area (Å²) in [4.78, 5) is 0. The Morgan fingerprint density at radius 3 is 1.25 bits per heavy atom. The summed E-state index contributed by atoms with van der Waals surface area (Å²) in [6, 6.07) is 4.80. The Kier molecular flexibility index (Phi) is 8.85. The van der Waals surface area contributed by atoms with Crippen LogP contribution < -0.4 is 0 Å². The molecule has 0 aliphatic carbocycles. The van der Waals surface area contributed by atoms with Gasteiger partial charge in [0, 0.05) is 0 Å². The van der Waals surface area contributed by atoms with Crippen molar-refractivity contribution in [3.63, 3.8) is 0 Å². The van der Waals surface area contributed by atoms with E-state index in [4.69, 9.17) is 0 Å². The molecule has 0 aliphatic rings. The predicted octanol–water partition coefficient (Wildman–Crippen LogP) is 7.17. The molecule has 20 heavy (non-hydrogen) atoms. The van der Waals surface area contributed by atoms with Crippen LogP contribution in [0, 0.1) is 6.92 Å². The van der Waals surface area contributed by atoms with Gasteiger partial charge in [0.2, 0.25) is 0 Å². The highest BCUT2D eigenvalue weighted by atomic mass is 14.2. The second kappa shape index (κ2) is 9.21. The molecule has 0 nitrogen and oxygen atoms in total. The van der Waals surface area contributed by atoms with Crippen molar-refractivity contribution in [2.75, 3.05) is 0 Å². The van der Waals surface area contributed by atoms with Gasteiger partial charge in [0.1, 0.15) is 0 Å². The van der Waals surface area contributed by atoms with E-state index >= 15 is 0 Å². The summed E-state index contributed by atoms with van der Waals surface area (Å²) in [6.45, 7) is 20.3. The Bertz CT molecular complexity index is 352. The molecule has 0 saturated heterocycles. The van der Waals surface area contributed by atoms with E-state index < -0.39 is 0 Å². The van der Waals surface area contributed by atoms with E-state index in [0.29, 0.717) is 17.8 Å². The maximum Gasteiger partial charge on any atom is -0.0216 e. The zero-order valence-corrected chi connectivity index (χ0v) is 15.3. The van der Waals surface area contributed by atoms with Crippen molar-refractivity contribution in [3.8, 4) is 0 Å². The smallest absolute Gasteiger partial charge is 0.0216 e. The maximum atomic E-state index is 2.40. The fraction of sp³-hybridized carbons (Fsp3) is 0.700. The molecule has 0 amide bonds. The molecule has 0 atom stereocenters. The third kappa shape index (κ3) is 5.69. The Labute approximate surface area is 128 Å². The van der Waals surface area contributed by atoms with Gasteiger partial charge in [-0.1, -0.05) is 80.4 Å². The molecule has 1 aromatic rings. The summed E-state index contributed by atoms with van der Waals surface area (Å²) in [7, 11) is 0. The van der Waals surface area contributed by atoms with E-state index in [2.05, 4.69) is 74.4 Å². The SMILES string of the molecule is CCCC.Cc1c(C(C)C)cc(C(C)C)cc1C(C)C. The van der Waals surface area contributed by atoms with E-state index in [0.717, 1.165) is 0 Å². The zero-order chi connectivity index (χ0) is 15.9. The van der Waals surface area contributed by atoms with Crippen molar-refractivity contribution in [2.45, 2.75) is 92.9 Å². The second-order valence-electron chi connectivity index (χ2n) is 6.79. The highest BCUT2D eigenvalue weighted by Gasteiger charge is 2.13. The minimum absolute atomic E-state index is 0.621. The van der Waals surface area contributed by atoms with Crippen molar-refractivity contribution in [1.29, 1.82) is 0 Å². The Morgan fingerprint density at radius 2 is 1.05 bits per heavy atom. The van der Waals surface area contributed by atoms with Crippen LogP contribution in [0.3, 0.4) is 0 Å². The lowest BCUT2D eigenvalue weighted by Gasteiger charge is -2.20. The van der Waals surface area contributed by atoms with Gasteiger partial charge in [-0.15, -0.1) is 0 Å². The van der Waals surface area contributed by atoms with Crippen LogP contribution in [0.15, 0.2) is 12.1 Å². The highest BCUT2D eigenvalue weighted by Crippen LogP contribution is 2.31. The Balaban J connectivity index is 0.000000796. The summed E-state index contributed by atoms with van der Waals surface area (Å²) in [5.74, 6) is 1.86. The number of hydrogen-bond acceptors (Lipinski definition) is 0. The van der Waals surface area contributed by atoms with Crippen LogP contribution in [0.2, 0.25) is 0 Å². The quantitative estimate of drug-likeness (QED) is 0.546. The molecular weight excluding hydrogens is 240 g/mol. The number of hydrogen-bond donors (Lipinski definition) is 0. The third-order valence-electron chi connectivity index (χ3n) is 3.92. The van der Waals surface area contributed by atoms with Crippen LogP contribution in [0.1, 0.15) is 108 Å². The van der Waals surface area contributed by atoms with Crippen LogP contribution in [0.25, 0.3) is 0 Å². The van der Waals surface area contributed by atoms with E-state index in [1.807, 2.05) is 0 Å². The van der Waals surface area contributed by atoms with E-state index in [9.17, 15) is 0 Å². The lowest BCUT2D eigenvalue weighted by Crippen LogP contribution is -2.03. The van der Waals surface area contributed by atoms with Crippen molar-refractivity contribution in [2.24, 2.45) is 0 Å². The lowest BCUT2D eigenvalue weighted by atomic mass is 9.85. The van der Waals surface area contributed by atoms with Gasteiger partial charge in [-0.3, -0.25) is 0 Å². The average Bonchev–Trinajstić information content (AvgIpc) is 2.38. The number of benzene rings is 1. The molecule has 0 saturated carbocycles. The van der Waals surface area contributed by atoms with Gasteiger partial charge in [0.05, 0.1) is 0 Å². The largest absolute Gasteiger partial charge is 0.0654 e. The van der Waals surface area contributed by atoms with Gasteiger partial charge in [0.25, 0.3) is 0 Å². The highest BCUT2D eigenvalue weighted by molar-refractivity contribution is 5.42. The number of unbranched alkanes of at least 4 members (excludes halogenated alkanes) is 1. The molecule has 0 fully saturated rings. The first-order valence-electron chi connectivity index (χ1n) is 8.40. The van der Waals surface area contributed by atoms with E-state index in [1.165, 1.54) is 35.1 Å². The first-order chi connectivity index (χ1) is 9.26. The summed E-state index contributed by atoms with van der Waals surface area (Å²) >= 11 is 0. The standard InChI is InChI=1S/C16H26.C4H10/c1-10(2)14-8-15(11(3)4)13(7)16(9-14)12(5)6;1-3-4-2/h8-12H,1-7H3;3-4H2,1-2H3. The van der Waals surface area contributed by atoms with Gasteiger partial charge >= 0.3 is 0 Å². The van der Waals surface area contributed by atoms with Crippen LogP contribution in [0.5, 0.6) is 0 Å². The van der Waals surface area contributed by atoms with Crippen LogP contribution in [-0.2, 0) is 0 Å². The predicted molar refractivity (Wildman–Crippen MR) is 94.0 cm³/mol.